The Labute approximate surface area is 140 Å². The number of piperidine rings is 1. The number of carboxylic acids is 1. The summed E-state index contributed by atoms with van der Waals surface area (Å²) in [6.45, 7) is 1.64. The van der Waals surface area contributed by atoms with Gasteiger partial charge in [-0.05, 0) is 25.5 Å². The van der Waals surface area contributed by atoms with Gasteiger partial charge in [-0.25, -0.2) is 13.2 Å². The Morgan fingerprint density at radius 2 is 1.84 bits per heavy atom. The van der Waals surface area contributed by atoms with Gasteiger partial charge in [0.25, 0.3) is 11.5 Å². The molecule has 2 heterocycles. The summed E-state index contributed by atoms with van der Waals surface area (Å²) in [7, 11) is 0. The second kappa shape index (κ2) is 8.02. The van der Waals surface area contributed by atoms with Crippen molar-refractivity contribution in [3.8, 4) is 0 Å². The molecule has 1 aromatic heterocycles. The van der Waals surface area contributed by atoms with Crippen molar-refractivity contribution in [2.24, 2.45) is 0 Å². The number of nitrogens with one attached hydrogen (secondary N) is 2. The van der Waals surface area contributed by atoms with Crippen LogP contribution in [0, 0.1) is 17.5 Å². The smallest absolute Gasteiger partial charge is 0.300 e. The largest absolute Gasteiger partial charge is 0.481 e. The van der Waals surface area contributed by atoms with E-state index in [0.29, 0.717) is 31.2 Å². The molecule has 1 aliphatic heterocycles. The van der Waals surface area contributed by atoms with Gasteiger partial charge in [0.2, 0.25) is 0 Å². The molecule has 0 bridgehead atoms. The van der Waals surface area contributed by atoms with Crippen LogP contribution in [0.25, 0.3) is 0 Å². The summed E-state index contributed by atoms with van der Waals surface area (Å²) in [4.78, 5) is 20.1. The van der Waals surface area contributed by atoms with Crippen molar-refractivity contribution in [1.29, 1.82) is 0 Å². The molecule has 9 heteroatoms. The lowest BCUT2D eigenvalue weighted by molar-refractivity contribution is -0.134. The third-order valence-electron chi connectivity index (χ3n) is 3.76. The topological polar surface area (TPSA) is 95.3 Å². The number of rotatable bonds is 2. The molecule has 1 fully saturated rings. The Bertz CT molecular complexity index is 799. The van der Waals surface area contributed by atoms with Gasteiger partial charge in [0.1, 0.15) is 11.6 Å². The van der Waals surface area contributed by atoms with Crippen molar-refractivity contribution in [2.75, 3.05) is 6.54 Å². The van der Waals surface area contributed by atoms with Gasteiger partial charge in [-0.1, -0.05) is 0 Å². The number of H-pyrrole nitrogens is 1. The van der Waals surface area contributed by atoms with E-state index < -0.39 is 29.5 Å². The zero-order valence-corrected chi connectivity index (χ0v) is 13.3. The number of aromatic nitrogens is 1. The van der Waals surface area contributed by atoms with Gasteiger partial charge in [-0.15, -0.1) is 0 Å². The lowest BCUT2D eigenvalue weighted by Crippen LogP contribution is -2.31. The fraction of sp³-hybridized carbons (Fsp3) is 0.375. The van der Waals surface area contributed by atoms with Crippen LogP contribution in [-0.2, 0) is 4.79 Å². The van der Waals surface area contributed by atoms with Crippen LogP contribution in [0.15, 0.2) is 27.5 Å². The number of benzene rings is 1. The molecule has 6 nitrogen and oxygen atoms in total. The van der Waals surface area contributed by atoms with Crippen LogP contribution in [0.2, 0.25) is 0 Å². The van der Waals surface area contributed by atoms with Gasteiger partial charge >= 0.3 is 0 Å². The van der Waals surface area contributed by atoms with Crippen LogP contribution < -0.4 is 10.9 Å². The lowest BCUT2D eigenvalue weighted by atomic mass is 9.87. The zero-order chi connectivity index (χ0) is 18.6. The molecule has 3 N–H and O–H groups in total. The maximum Gasteiger partial charge on any atom is 0.300 e. The van der Waals surface area contributed by atoms with Crippen molar-refractivity contribution in [3.05, 3.63) is 57.3 Å². The van der Waals surface area contributed by atoms with Crippen LogP contribution in [-0.4, -0.2) is 22.8 Å². The summed E-state index contributed by atoms with van der Waals surface area (Å²) >= 11 is 0. The molecule has 0 amide bonds. The fourth-order valence-corrected chi connectivity index (χ4v) is 2.72. The van der Waals surface area contributed by atoms with Crippen LogP contribution in [0.4, 0.5) is 13.2 Å². The number of hydrogen-bond acceptors (Lipinski definition) is 4. The first-order chi connectivity index (χ1) is 11.8. The van der Waals surface area contributed by atoms with Gasteiger partial charge in [0.15, 0.2) is 11.6 Å². The third kappa shape index (κ3) is 4.96. The van der Waals surface area contributed by atoms with E-state index in [4.69, 9.17) is 14.4 Å². The lowest BCUT2D eigenvalue weighted by Gasteiger charge is -2.29. The zero-order valence-electron chi connectivity index (χ0n) is 13.3. The highest BCUT2D eigenvalue weighted by Gasteiger charge is 2.28. The number of carboxylic acid groups (broad SMARTS) is 1. The van der Waals surface area contributed by atoms with Crippen molar-refractivity contribution >= 4 is 5.97 Å². The summed E-state index contributed by atoms with van der Waals surface area (Å²) in [5.74, 6) is -3.50. The molecule has 1 aliphatic rings. The maximum absolute atomic E-state index is 13.8. The second-order valence-corrected chi connectivity index (χ2v) is 5.65. The van der Waals surface area contributed by atoms with Gasteiger partial charge in [-0.3, -0.25) is 9.59 Å². The minimum Gasteiger partial charge on any atom is -0.481 e. The predicted molar refractivity (Wildman–Crippen MR) is 81.7 cm³/mol. The van der Waals surface area contributed by atoms with E-state index >= 15 is 0 Å². The molecule has 2 aromatic rings. The molecule has 25 heavy (non-hydrogen) atoms. The van der Waals surface area contributed by atoms with Crippen LogP contribution >= 0.6 is 0 Å². The summed E-state index contributed by atoms with van der Waals surface area (Å²) < 4.78 is 45.2. The van der Waals surface area contributed by atoms with Crippen molar-refractivity contribution in [3.63, 3.8) is 0 Å². The average molecular weight is 358 g/mol. The van der Waals surface area contributed by atoms with E-state index in [2.05, 4.69) is 10.5 Å². The predicted octanol–water partition coefficient (Wildman–Crippen LogP) is 2.68. The van der Waals surface area contributed by atoms with Gasteiger partial charge in [0, 0.05) is 36.6 Å². The quantitative estimate of drug-likeness (QED) is 0.718. The molecule has 1 aromatic carbocycles. The molecule has 2 atom stereocenters. The molecule has 0 radical (unpaired) electrons. The first-order valence-corrected chi connectivity index (χ1v) is 7.53. The first-order valence-electron chi connectivity index (χ1n) is 7.53. The van der Waals surface area contributed by atoms with E-state index in [1.54, 1.807) is 0 Å². The minimum atomic E-state index is -1.21. The molecule has 136 valence electrons. The Morgan fingerprint density at radius 1 is 1.20 bits per heavy atom. The molecule has 0 saturated carbocycles. The number of aliphatic carboxylic acids is 1. The number of carbonyl (C=O) groups is 1. The Kier molecular flexibility index (Phi) is 6.02. The summed E-state index contributed by atoms with van der Waals surface area (Å²) in [6.07, 6.45) is 1.14. The van der Waals surface area contributed by atoms with E-state index in [9.17, 15) is 18.0 Å². The molecule has 3 rings (SSSR count). The molecular weight excluding hydrogens is 341 g/mol. The van der Waals surface area contributed by atoms with E-state index in [0.717, 1.165) is 13.0 Å². The molecule has 0 unspecified atom stereocenters. The van der Waals surface area contributed by atoms with Crippen LogP contribution in [0.3, 0.4) is 0 Å². The third-order valence-corrected chi connectivity index (χ3v) is 3.76. The number of aromatic amines is 1. The monoisotopic (exact) mass is 358 g/mol. The highest BCUT2D eigenvalue weighted by Crippen LogP contribution is 2.35. The Balaban J connectivity index is 0.000000511. The normalized spacial score (nSPS) is 19.8. The summed E-state index contributed by atoms with van der Waals surface area (Å²) in [5, 5.41) is 12.7. The highest BCUT2D eigenvalue weighted by molar-refractivity contribution is 5.62. The number of hydrogen-bond donors (Lipinski definition) is 3. The number of halogens is 3. The molecule has 0 aliphatic carbocycles. The second-order valence-electron chi connectivity index (χ2n) is 5.65. The molecule has 0 spiro atoms. The maximum atomic E-state index is 13.8. The standard InChI is InChI=1S/C14H13F3N2O2.C2H4O2/c15-9-5-11(17)10(16)4-8(9)12-3-7(1-2-18-12)13-6-14(20)19-21-13;1-2(3)4/h4-7,12,18H,1-3H2,(H,19,20);1H3,(H,3,4)/t7-,12+;/m0./s1. The van der Waals surface area contributed by atoms with E-state index in [-0.39, 0.29) is 17.0 Å². The molecular formula is C16H17F3N2O4. The van der Waals surface area contributed by atoms with Crippen molar-refractivity contribution in [1.82, 2.24) is 10.5 Å². The molecule has 1 saturated heterocycles. The Morgan fingerprint density at radius 3 is 2.44 bits per heavy atom. The van der Waals surface area contributed by atoms with Crippen molar-refractivity contribution in [2.45, 2.75) is 31.7 Å². The minimum absolute atomic E-state index is 0.0801. The summed E-state index contributed by atoms with van der Waals surface area (Å²) in [5.41, 5.74) is -0.254. The van der Waals surface area contributed by atoms with Crippen LogP contribution in [0.5, 0.6) is 0 Å². The van der Waals surface area contributed by atoms with Gasteiger partial charge in [0.05, 0.1) is 0 Å². The van der Waals surface area contributed by atoms with Gasteiger partial charge in [-0.2, -0.15) is 5.16 Å². The summed E-state index contributed by atoms with van der Waals surface area (Å²) in [6, 6.07) is 2.32. The van der Waals surface area contributed by atoms with Crippen LogP contribution in [0.1, 0.15) is 43.0 Å². The van der Waals surface area contributed by atoms with Crippen molar-refractivity contribution < 1.29 is 27.6 Å². The highest BCUT2D eigenvalue weighted by atomic mass is 19.2. The Hall–Kier alpha value is -2.55. The first kappa shape index (κ1) is 18.8. The van der Waals surface area contributed by atoms with E-state index in [1.807, 2.05) is 0 Å². The fourth-order valence-electron chi connectivity index (χ4n) is 2.72. The SMILES string of the molecule is CC(=O)O.O=c1cc([C@H]2CCN[C@@H](c3cc(F)c(F)cc3F)C2)o[nH]1. The average Bonchev–Trinajstić information content (AvgIpc) is 2.97. The van der Waals surface area contributed by atoms with E-state index in [1.165, 1.54) is 6.07 Å². The van der Waals surface area contributed by atoms with Gasteiger partial charge < -0.3 is 14.9 Å².